The minimum Gasteiger partial charge on any atom is -0.467 e. The molecule has 0 spiro atoms. The van der Waals surface area contributed by atoms with Gasteiger partial charge in [0, 0.05) is 10.9 Å². The highest BCUT2D eigenvalue weighted by molar-refractivity contribution is 6.00. The van der Waals surface area contributed by atoms with E-state index in [2.05, 4.69) is 15.6 Å². The zero-order chi connectivity index (χ0) is 16.2. The number of rotatable bonds is 5. The van der Waals surface area contributed by atoms with Crippen molar-refractivity contribution in [2.75, 3.05) is 0 Å². The van der Waals surface area contributed by atoms with Crippen LogP contribution in [-0.4, -0.2) is 22.8 Å². The fraction of sp³-hybridized carbons (Fsp3) is 0.176. The highest BCUT2D eigenvalue weighted by Crippen LogP contribution is 2.14. The Kier molecular flexibility index (Phi) is 4.14. The SMILES string of the molecule is CC(NC(=O)c1cc2ccccc2[nH]1)C(=O)NCc1ccco1. The van der Waals surface area contributed by atoms with Gasteiger partial charge in [0.15, 0.2) is 0 Å². The number of fused-ring (bicyclic) bond motifs is 1. The van der Waals surface area contributed by atoms with Gasteiger partial charge >= 0.3 is 0 Å². The van der Waals surface area contributed by atoms with Gasteiger partial charge in [-0.05, 0) is 31.2 Å². The third-order valence-electron chi connectivity index (χ3n) is 3.53. The van der Waals surface area contributed by atoms with Crippen molar-refractivity contribution in [1.82, 2.24) is 15.6 Å². The van der Waals surface area contributed by atoms with E-state index in [1.54, 1.807) is 31.4 Å². The lowest BCUT2D eigenvalue weighted by atomic mass is 10.2. The number of nitrogens with one attached hydrogen (secondary N) is 3. The second-order valence-electron chi connectivity index (χ2n) is 5.26. The topological polar surface area (TPSA) is 87.1 Å². The molecule has 0 radical (unpaired) electrons. The quantitative estimate of drug-likeness (QED) is 0.675. The van der Waals surface area contributed by atoms with Gasteiger partial charge in [0.1, 0.15) is 17.5 Å². The predicted octanol–water partition coefficient (Wildman–Crippen LogP) is 2.20. The Morgan fingerprint density at radius 2 is 2.04 bits per heavy atom. The lowest BCUT2D eigenvalue weighted by Gasteiger charge is -2.13. The monoisotopic (exact) mass is 311 g/mol. The minimum absolute atomic E-state index is 0.272. The summed E-state index contributed by atoms with van der Waals surface area (Å²) in [4.78, 5) is 27.3. The van der Waals surface area contributed by atoms with Crippen LogP contribution in [0, 0.1) is 0 Å². The molecule has 0 saturated heterocycles. The summed E-state index contributed by atoms with van der Waals surface area (Å²) in [6, 6.07) is 12.2. The Labute approximate surface area is 132 Å². The van der Waals surface area contributed by atoms with Gasteiger partial charge in [0.25, 0.3) is 5.91 Å². The number of furan rings is 1. The molecule has 6 heteroatoms. The maximum absolute atomic E-state index is 12.2. The van der Waals surface area contributed by atoms with E-state index < -0.39 is 6.04 Å². The van der Waals surface area contributed by atoms with Crippen molar-refractivity contribution in [1.29, 1.82) is 0 Å². The van der Waals surface area contributed by atoms with Gasteiger partial charge in [-0.15, -0.1) is 0 Å². The van der Waals surface area contributed by atoms with Crippen molar-refractivity contribution >= 4 is 22.7 Å². The van der Waals surface area contributed by atoms with E-state index in [9.17, 15) is 9.59 Å². The Morgan fingerprint density at radius 1 is 1.22 bits per heavy atom. The summed E-state index contributed by atoms with van der Waals surface area (Å²) in [7, 11) is 0. The van der Waals surface area contributed by atoms with Crippen molar-refractivity contribution < 1.29 is 14.0 Å². The molecule has 0 saturated carbocycles. The van der Waals surface area contributed by atoms with Crippen molar-refractivity contribution in [3.63, 3.8) is 0 Å². The molecule has 0 fully saturated rings. The van der Waals surface area contributed by atoms with Crippen molar-refractivity contribution in [3.05, 3.63) is 60.2 Å². The summed E-state index contributed by atoms with van der Waals surface area (Å²) in [5.74, 6) is 0.0696. The number of carbonyl (C=O) groups is 2. The molecular formula is C17H17N3O3. The summed E-state index contributed by atoms with van der Waals surface area (Å²) >= 11 is 0. The third kappa shape index (κ3) is 3.42. The molecule has 118 valence electrons. The third-order valence-corrected chi connectivity index (χ3v) is 3.53. The van der Waals surface area contributed by atoms with E-state index in [0.29, 0.717) is 18.0 Å². The molecule has 2 amide bonds. The first-order valence-electron chi connectivity index (χ1n) is 7.32. The number of aromatic amines is 1. The van der Waals surface area contributed by atoms with Crippen LogP contribution < -0.4 is 10.6 Å². The molecule has 1 unspecified atom stereocenters. The molecule has 3 N–H and O–H groups in total. The summed E-state index contributed by atoms with van der Waals surface area (Å²) in [6.07, 6.45) is 1.54. The van der Waals surface area contributed by atoms with Crippen LogP contribution in [0.2, 0.25) is 0 Å². The fourth-order valence-electron chi connectivity index (χ4n) is 2.28. The van der Waals surface area contributed by atoms with Gasteiger partial charge in [-0.25, -0.2) is 0 Å². The van der Waals surface area contributed by atoms with Gasteiger partial charge in [-0.3, -0.25) is 9.59 Å². The number of hydrogen-bond donors (Lipinski definition) is 3. The molecule has 0 aliphatic rings. The summed E-state index contributed by atoms with van der Waals surface area (Å²) in [5, 5.41) is 6.34. The van der Waals surface area contributed by atoms with Gasteiger partial charge in [0.2, 0.25) is 5.91 Å². The summed E-state index contributed by atoms with van der Waals surface area (Å²) in [6.45, 7) is 1.93. The van der Waals surface area contributed by atoms with E-state index in [1.165, 1.54) is 0 Å². The first-order valence-corrected chi connectivity index (χ1v) is 7.32. The Balaban J connectivity index is 1.58. The Morgan fingerprint density at radius 3 is 2.78 bits per heavy atom. The summed E-state index contributed by atoms with van der Waals surface area (Å²) in [5.41, 5.74) is 1.31. The van der Waals surface area contributed by atoms with E-state index >= 15 is 0 Å². The number of carbonyl (C=O) groups excluding carboxylic acids is 2. The highest BCUT2D eigenvalue weighted by Gasteiger charge is 2.17. The number of benzene rings is 1. The molecule has 2 aromatic heterocycles. The van der Waals surface area contributed by atoms with Crippen LogP contribution in [0.25, 0.3) is 10.9 Å². The predicted molar refractivity (Wildman–Crippen MR) is 85.8 cm³/mol. The van der Waals surface area contributed by atoms with E-state index in [-0.39, 0.29) is 11.8 Å². The average molecular weight is 311 g/mol. The van der Waals surface area contributed by atoms with Crippen LogP contribution >= 0.6 is 0 Å². The van der Waals surface area contributed by atoms with Crippen molar-refractivity contribution in [3.8, 4) is 0 Å². The molecule has 0 aliphatic heterocycles. The van der Waals surface area contributed by atoms with Crippen LogP contribution in [0.15, 0.2) is 53.1 Å². The normalized spacial score (nSPS) is 12.0. The first kappa shape index (κ1) is 14.9. The lowest BCUT2D eigenvalue weighted by molar-refractivity contribution is -0.122. The maximum atomic E-state index is 12.2. The number of hydrogen-bond acceptors (Lipinski definition) is 3. The minimum atomic E-state index is -0.649. The molecule has 6 nitrogen and oxygen atoms in total. The van der Waals surface area contributed by atoms with E-state index in [0.717, 1.165) is 10.9 Å². The molecule has 0 aliphatic carbocycles. The van der Waals surface area contributed by atoms with E-state index in [4.69, 9.17) is 4.42 Å². The number of aromatic nitrogens is 1. The Hall–Kier alpha value is -3.02. The van der Waals surface area contributed by atoms with Gasteiger partial charge < -0.3 is 20.0 Å². The first-order chi connectivity index (χ1) is 11.1. The molecular weight excluding hydrogens is 294 g/mol. The van der Waals surface area contributed by atoms with Gasteiger partial charge in [-0.2, -0.15) is 0 Å². The number of amides is 2. The fourth-order valence-corrected chi connectivity index (χ4v) is 2.28. The van der Waals surface area contributed by atoms with Crippen LogP contribution in [0.5, 0.6) is 0 Å². The average Bonchev–Trinajstić information content (AvgIpc) is 3.21. The second kappa shape index (κ2) is 6.39. The smallest absolute Gasteiger partial charge is 0.268 e. The molecule has 2 heterocycles. The number of para-hydroxylation sites is 1. The molecule has 23 heavy (non-hydrogen) atoms. The summed E-state index contributed by atoms with van der Waals surface area (Å²) < 4.78 is 5.14. The zero-order valence-corrected chi connectivity index (χ0v) is 12.6. The van der Waals surface area contributed by atoms with E-state index in [1.807, 2.05) is 24.3 Å². The van der Waals surface area contributed by atoms with Gasteiger partial charge in [-0.1, -0.05) is 18.2 Å². The van der Waals surface area contributed by atoms with Crippen molar-refractivity contribution in [2.45, 2.75) is 19.5 Å². The maximum Gasteiger partial charge on any atom is 0.268 e. The van der Waals surface area contributed by atoms with Gasteiger partial charge in [0.05, 0.1) is 12.8 Å². The van der Waals surface area contributed by atoms with Crippen LogP contribution in [-0.2, 0) is 11.3 Å². The van der Waals surface area contributed by atoms with Crippen LogP contribution in [0.4, 0.5) is 0 Å². The van der Waals surface area contributed by atoms with Crippen LogP contribution in [0.3, 0.4) is 0 Å². The van der Waals surface area contributed by atoms with Crippen LogP contribution in [0.1, 0.15) is 23.2 Å². The number of H-pyrrole nitrogens is 1. The zero-order valence-electron chi connectivity index (χ0n) is 12.6. The lowest BCUT2D eigenvalue weighted by Crippen LogP contribution is -2.44. The largest absolute Gasteiger partial charge is 0.467 e. The standard InChI is InChI=1S/C17H17N3O3/c1-11(16(21)18-10-13-6-4-8-23-13)19-17(22)15-9-12-5-2-3-7-14(12)20-15/h2-9,11,20H,10H2,1H3,(H,18,21)(H,19,22). The highest BCUT2D eigenvalue weighted by atomic mass is 16.3. The molecule has 1 aromatic carbocycles. The molecule has 3 aromatic rings. The van der Waals surface area contributed by atoms with Crippen molar-refractivity contribution in [2.24, 2.45) is 0 Å². The molecule has 3 rings (SSSR count). The Bertz CT molecular complexity index is 788. The molecule has 1 atom stereocenters. The second-order valence-corrected chi connectivity index (χ2v) is 5.26. The molecule has 0 bridgehead atoms.